The number of halogens is 2. The first-order valence-electron chi connectivity index (χ1n) is 11.0. The SMILES string of the molecule is Cc1nn(-c2ccc(Cl)cc2Cl)c(C)c1CC(=O)NC(Cc1ccccc1)C(=O)NC1CC1. The molecule has 1 aliphatic carbocycles. The highest BCUT2D eigenvalue weighted by molar-refractivity contribution is 6.35. The summed E-state index contributed by atoms with van der Waals surface area (Å²) >= 11 is 12.4. The van der Waals surface area contributed by atoms with Gasteiger partial charge in [-0.1, -0.05) is 53.5 Å². The fourth-order valence-corrected chi connectivity index (χ4v) is 4.30. The molecule has 1 saturated carbocycles. The van der Waals surface area contributed by atoms with E-state index in [9.17, 15) is 9.59 Å². The van der Waals surface area contributed by atoms with Crippen molar-refractivity contribution in [2.24, 2.45) is 0 Å². The molecule has 6 nitrogen and oxygen atoms in total. The smallest absolute Gasteiger partial charge is 0.243 e. The first kappa shape index (κ1) is 23.3. The molecular formula is C25H26Cl2N4O2. The topological polar surface area (TPSA) is 76.0 Å². The summed E-state index contributed by atoms with van der Waals surface area (Å²) in [5.41, 5.74) is 4.04. The standard InChI is InChI=1S/C25H26Cl2N4O2/c1-15-20(16(2)31(30-15)23-11-8-18(26)13-21(23)27)14-24(32)29-22(25(33)28-19-9-10-19)12-17-6-4-3-5-7-17/h3-8,11,13,19,22H,9-10,12,14H2,1-2H3,(H,28,33)(H,29,32). The molecule has 2 amide bonds. The number of aromatic nitrogens is 2. The second-order valence-corrected chi connectivity index (χ2v) is 9.27. The molecule has 1 aromatic heterocycles. The summed E-state index contributed by atoms with van der Waals surface area (Å²) in [6.45, 7) is 3.76. The van der Waals surface area contributed by atoms with E-state index in [1.54, 1.807) is 22.9 Å². The Labute approximate surface area is 203 Å². The molecule has 3 aromatic rings. The van der Waals surface area contributed by atoms with Crippen LogP contribution < -0.4 is 10.6 Å². The van der Waals surface area contributed by atoms with Crippen LogP contribution in [0.25, 0.3) is 5.69 Å². The molecule has 4 rings (SSSR count). The lowest BCUT2D eigenvalue weighted by Crippen LogP contribution is -2.49. The fourth-order valence-electron chi connectivity index (χ4n) is 3.81. The van der Waals surface area contributed by atoms with E-state index in [4.69, 9.17) is 23.2 Å². The quantitative estimate of drug-likeness (QED) is 0.499. The number of hydrogen-bond donors (Lipinski definition) is 2. The third-order valence-electron chi connectivity index (χ3n) is 5.77. The number of amides is 2. The van der Waals surface area contributed by atoms with Gasteiger partial charge in [-0.3, -0.25) is 9.59 Å². The van der Waals surface area contributed by atoms with E-state index >= 15 is 0 Å². The van der Waals surface area contributed by atoms with Crippen LogP contribution in [-0.2, 0) is 22.4 Å². The number of hydrogen-bond acceptors (Lipinski definition) is 3. The lowest BCUT2D eigenvalue weighted by molar-refractivity contribution is -0.128. The van der Waals surface area contributed by atoms with Gasteiger partial charge in [-0.15, -0.1) is 0 Å². The van der Waals surface area contributed by atoms with Crippen LogP contribution >= 0.6 is 23.2 Å². The Morgan fingerprint density at radius 3 is 2.52 bits per heavy atom. The molecule has 0 radical (unpaired) electrons. The zero-order valence-electron chi connectivity index (χ0n) is 18.6. The second kappa shape index (κ2) is 9.98. The van der Waals surface area contributed by atoms with Crippen LogP contribution in [-0.4, -0.2) is 33.7 Å². The Kier molecular flexibility index (Phi) is 7.05. The summed E-state index contributed by atoms with van der Waals surface area (Å²) < 4.78 is 1.72. The van der Waals surface area contributed by atoms with Gasteiger partial charge in [-0.25, -0.2) is 4.68 Å². The molecule has 2 aromatic carbocycles. The van der Waals surface area contributed by atoms with Crippen molar-refractivity contribution in [1.29, 1.82) is 0 Å². The van der Waals surface area contributed by atoms with Crippen molar-refractivity contribution in [2.75, 3.05) is 0 Å². The lowest BCUT2D eigenvalue weighted by atomic mass is 10.0. The summed E-state index contributed by atoms with van der Waals surface area (Å²) in [5.74, 6) is -0.374. The molecule has 0 saturated heterocycles. The van der Waals surface area contributed by atoms with E-state index in [0.717, 1.165) is 35.4 Å². The highest BCUT2D eigenvalue weighted by atomic mass is 35.5. The number of carbonyl (C=O) groups is 2. The Hall–Kier alpha value is -2.83. The van der Waals surface area contributed by atoms with Crippen molar-refractivity contribution in [2.45, 2.75) is 51.6 Å². The van der Waals surface area contributed by atoms with E-state index in [0.29, 0.717) is 22.2 Å². The van der Waals surface area contributed by atoms with Gasteiger partial charge in [-0.05, 0) is 50.5 Å². The van der Waals surface area contributed by atoms with Crippen LogP contribution in [0.3, 0.4) is 0 Å². The zero-order valence-corrected chi connectivity index (χ0v) is 20.1. The van der Waals surface area contributed by atoms with Crippen molar-refractivity contribution >= 4 is 35.0 Å². The highest BCUT2D eigenvalue weighted by Crippen LogP contribution is 2.27. The average Bonchev–Trinajstić information content (AvgIpc) is 3.55. The fraction of sp³-hybridized carbons (Fsp3) is 0.320. The van der Waals surface area contributed by atoms with E-state index in [2.05, 4.69) is 15.7 Å². The van der Waals surface area contributed by atoms with Crippen LogP contribution in [0.5, 0.6) is 0 Å². The van der Waals surface area contributed by atoms with Gasteiger partial charge in [0.2, 0.25) is 11.8 Å². The Morgan fingerprint density at radius 2 is 1.85 bits per heavy atom. The molecule has 172 valence electrons. The zero-order chi connectivity index (χ0) is 23.5. The van der Waals surface area contributed by atoms with Gasteiger partial charge in [0, 0.05) is 28.7 Å². The minimum atomic E-state index is -0.637. The largest absolute Gasteiger partial charge is 0.352 e. The molecule has 1 aliphatic rings. The third kappa shape index (κ3) is 5.75. The van der Waals surface area contributed by atoms with E-state index in [-0.39, 0.29) is 24.3 Å². The van der Waals surface area contributed by atoms with Gasteiger partial charge in [-0.2, -0.15) is 5.10 Å². The lowest BCUT2D eigenvalue weighted by Gasteiger charge is -2.19. The summed E-state index contributed by atoms with van der Waals surface area (Å²) in [7, 11) is 0. The minimum absolute atomic E-state index is 0.116. The number of nitrogens with zero attached hydrogens (tertiary/aromatic N) is 2. The van der Waals surface area contributed by atoms with Crippen molar-refractivity contribution in [3.8, 4) is 5.69 Å². The molecule has 1 heterocycles. The van der Waals surface area contributed by atoms with Gasteiger partial charge < -0.3 is 10.6 Å². The summed E-state index contributed by atoms with van der Waals surface area (Å²) in [4.78, 5) is 25.8. The van der Waals surface area contributed by atoms with Crippen molar-refractivity contribution in [3.63, 3.8) is 0 Å². The van der Waals surface area contributed by atoms with Crippen LogP contribution in [0.2, 0.25) is 10.0 Å². The summed E-state index contributed by atoms with van der Waals surface area (Å²) in [6, 6.07) is 14.5. The van der Waals surface area contributed by atoms with Gasteiger partial charge in [0.25, 0.3) is 0 Å². The van der Waals surface area contributed by atoms with Gasteiger partial charge in [0.15, 0.2) is 0 Å². The molecule has 2 N–H and O–H groups in total. The van der Waals surface area contributed by atoms with E-state index in [1.807, 2.05) is 44.2 Å². The monoisotopic (exact) mass is 484 g/mol. The van der Waals surface area contributed by atoms with Crippen LogP contribution in [0.15, 0.2) is 48.5 Å². The molecule has 33 heavy (non-hydrogen) atoms. The Balaban J connectivity index is 1.51. The molecule has 1 unspecified atom stereocenters. The molecule has 0 aliphatic heterocycles. The van der Waals surface area contributed by atoms with Crippen LogP contribution in [0.1, 0.15) is 35.4 Å². The highest BCUT2D eigenvalue weighted by Gasteiger charge is 2.29. The number of rotatable bonds is 8. The first-order valence-corrected chi connectivity index (χ1v) is 11.7. The maximum absolute atomic E-state index is 13.0. The van der Waals surface area contributed by atoms with E-state index in [1.165, 1.54) is 0 Å². The molecule has 0 bridgehead atoms. The summed E-state index contributed by atoms with van der Waals surface area (Å²) in [5, 5.41) is 11.5. The average molecular weight is 485 g/mol. The maximum atomic E-state index is 13.0. The van der Waals surface area contributed by atoms with Crippen LogP contribution in [0, 0.1) is 13.8 Å². The Bertz CT molecular complexity index is 1170. The maximum Gasteiger partial charge on any atom is 0.243 e. The van der Waals surface area contributed by atoms with Crippen LogP contribution in [0.4, 0.5) is 0 Å². The molecule has 8 heteroatoms. The molecule has 0 spiro atoms. The summed E-state index contributed by atoms with van der Waals surface area (Å²) in [6.07, 6.45) is 2.53. The van der Waals surface area contributed by atoms with Gasteiger partial charge >= 0.3 is 0 Å². The molecule has 1 atom stereocenters. The first-order chi connectivity index (χ1) is 15.8. The number of aryl methyl sites for hydroxylation is 1. The van der Waals surface area contributed by atoms with E-state index < -0.39 is 6.04 Å². The molecule has 1 fully saturated rings. The number of benzene rings is 2. The third-order valence-corrected chi connectivity index (χ3v) is 6.31. The van der Waals surface area contributed by atoms with Crippen molar-refractivity contribution < 1.29 is 9.59 Å². The predicted octanol–water partition coefficient (Wildman–Crippen LogP) is 4.34. The second-order valence-electron chi connectivity index (χ2n) is 8.43. The number of carbonyl (C=O) groups excluding carboxylic acids is 2. The normalized spacial score (nSPS) is 14.1. The van der Waals surface area contributed by atoms with Gasteiger partial charge in [0.05, 0.1) is 22.8 Å². The minimum Gasteiger partial charge on any atom is -0.352 e. The molecular weight excluding hydrogens is 459 g/mol. The number of nitrogens with one attached hydrogen (secondary N) is 2. The Morgan fingerprint density at radius 1 is 1.12 bits per heavy atom. The van der Waals surface area contributed by atoms with Crippen molar-refractivity contribution in [1.82, 2.24) is 20.4 Å². The van der Waals surface area contributed by atoms with Crippen molar-refractivity contribution in [3.05, 3.63) is 81.1 Å². The predicted molar refractivity (Wildman–Crippen MR) is 130 cm³/mol. The van der Waals surface area contributed by atoms with Gasteiger partial charge in [0.1, 0.15) is 6.04 Å².